The largest absolute Gasteiger partial charge is 0.309 e. The first-order valence-electron chi connectivity index (χ1n) is 22.8. The Hall–Kier alpha value is -8.52. The maximum atomic E-state index is 2.54. The number of hydrogen-bond acceptors (Lipinski definition) is 1. The third-order valence-electron chi connectivity index (χ3n) is 13.6. The summed E-state index contributed by atoms with van der Waals surface area (Å²) in [6, 6.07) is 100. The molecule has 1 aliphatic carbocycles. The molecule has 0 atom stereocenters. The van der Waals surface area contributed by atoms with E-state index in [1.807, 2.05) is 0 Å². The summed E-state index contributed by atoms with van der Waals surface area (Å²) >= 11 is 0. The highest BCUT2D eigenvalue weighted by Crippen LogP contribution is 2.60. The van der Waals surface area contributed by atoms with Crippen LogP contribution in [0.5, 0.6) is 0 Å². The lowest BCUT2D eigenvalue weighted by molar-refractivity contribution is 0.768. The molecule has 0 saturated carbocycles. The quantitative estimate of drug-likeness (QED) is 0.140. The van der Waals surface area contributed by atoms with Gasteiger partial charge in [0, 0.05) is 16.8 Å². The van der Waals surface area contributed by atoms with Crippen LogP contribution in [0.1, 0.15) is 22.3 Å². The lowest BCUT2D eigenvalue weighted by atomic mass is 9.68. The van der Waals surface area contributed by atoms with E-state index >= 15 is 0 Å². The summed E-state index contributed by atoms with van der Waals surface area (Å²) in [6.07, 6.45) is 0. The Morgan fingerprint density at radius 2 is 0.727 bits per heavy atom. The zero-order valence-corrected chi connectivity index (χ0v) is 36.4. The van der Waals surface area contributed by atoms with Crippen molar-refractivity contribution in [3.8, 4) is 55.6 Å². The topological polar surface area (TPSA) is 3.24 Å². The SMILES string of the molecule is c1ccc(-c2ccccc2-c2c(-c3ccccc3)cccc2N(c2ccc(-c3ccc4ccccc4c3)cc2)c2cccc3c2-c2ccccc2C3(c2ccccc2)c2ccccc2)cc1. The van der Waals surface area contributed by atoms with Crippen LogP contribution in [0.15, 0.2) is 273 Å². The summed E-state index contributed by atoms with van der Waals surface area (Å²) < 4.78 is 0. The predicted octanol–water partition coefficient (Wildman–Crippen LogP) is 17.3. The average Bonchev–Trinajstić information content (AvgIpc) is 3.71. The predicted molar refractivity (Wildman–Crippen MR) is 278 cm³/mol. The highest BCUT2D eigenvalue weighted by atomic mass is 15.1. The van der Waals surface area contributed by atoms with E-state index in [1.165, 1.54) is 88.7 Å². The minimum Gasteiger partial charge on any atom is -0.309 e. The molecule has 0 unspecified atom stereocenters. The fourth-order valence-corrected chi connectivity index (χ4v) is 10.7. The van der Waals surface area contributed by atoms with Crippen molar-refractivity contribution in [2.24, 2.45) is 0 Å². The van der Waals surface area contributed by atoms with Gasteiger partial charge in [0.1, 0.15) is 0 Å². The summed E-state index contributed by atoms with van der Waals surface area (Å²) in [5.41, 5.74) is 19.7. The molecule has 0 amide bonds. The van der Waals surface area contributed by atoms with E-state index in [1.54, 1.807) is 0 Å². The normalized spacial score (nSPS) is 12.4. The molecule has 1 nitrogen and oxygen atoms in total. The smallest absolute Gasteiger partial charge is 0.0714 e. The van der Waals surface area contributed by atoms with Gasteiger partial charge in [0.05, 0.1) is 16.8 Å². The maximum Gasteiger partial charge on any atom is 0.0714 e. The minimum absolute atomic E-state index is 0.551. The Labute approximate surface area is 387 Å². The number of fused-ring (bicyclic) bond motifs is 4. The van der Waals surface area contributed by atoms with Gasteiger partial charge in [0.15, 0.2) is 0 Å². The van der Waals surface area contributed by atoms with E-state index in [0.717, 1.165) is 17.1 Å². The van der Waals surface area contributed by atoms with Gasteiger partial charge >= 0.3 is 0 Å². The first-order chi connectivity index (χ1) is 32.8. The van der Waals surface area contributed by atoms with Gasteiger partial charge in [-0.3, -0.25) is 0 Å². The van der Waals surface area contributed by atoms with Crippen LogP contribution in [0.2, 0.25) is 0 Å². The summed E-state index contributed by atoms with van der Waals surface area (Å²) in [4.78, 5) is 2.54. The van der Waals surface area contributed by atoms with Crippen molar-refractivity contribution in [1.82, 2.24) is 0 Å². The van der Waals surface area contributed by atoms with Crippen molar-refractivity contribution in [3.05, 3.63) is 295 Å². The van der Waals surface area contributed by atoms with Crippen molar-refractivity contribution in [2.75, 3.05) is 4.90 Å². The Balaban J connectivity index is 1.17. The summed E-state index contributed by atoms with van der Waals surface area (Å²) in [6.45, 7) is 0. The molecule has 12 rings (SSSR count). The highest BCUT2D eigenvalue weighted by molar-refractivity contribution is 6.04. The zero-order valence-electron chi connectivity index (χ0n) is 36.4. The third-order valence-corrected chi connectivity index (χ3v) is 13.6. The van der Waals surface area contributed by atoms with Gasteiger partial charge in [-0.15, -0.1) is 0 Å². The Kier molecular flexibility index (Phi) is 9.81. The molecule has 66 heavy (non-hydrogen) atoms. The molecule has 1 aliphatic rings. The zero-order chi connectivity index (χ0) is 43.9. The molecular weight excluding hydrogens is 795 g/mol. The van der Waals surface area contributed by atoms with Gasteiger partial charge in [-0.2, -0.15) is 0 Å². The van der Waals surface area contributed by atoms with Crippen LogP contribution in [0, 0.1) is 0 Å². The number of rotatable bonds is 9. The molecule has 11 aromatic carbocycles. The van der Waals surface area contributed by atoms with E-state index in [4.69, 9.17) is 0 Å². The number of hydrogen-bond donors (Lipinski definition) is 0. The lowest BCUT2D eigenvalue weighted by Crippen LogP contribution is -2.28. The second kappa shape index (κ2) is 16.6. The van der Waals surface area contributed by atoms with Crippen LogP contribution in [-0.4, -0.2) is 0 Å². The van der Waals surface area contributed by atoms with Crippen molar-refractivity contribution in [2.45, 2.75) is 5.41 Å². The van der Waals surface area contributed by atoms with E-state index in [9.17, 15) is 0 Å². The van der Waals surface area contributed by atoms with Crippen molar-refractivity contribution >= 4 is 27.8 Å². The van der Waals surface area contributed by atoms with Gasteiger partial charge in [-0.1, -0.05) is 243 Å². The highest BCUT2D eigenvalue weighted by Gasteiger charge is 2.47. The second-order valence-electron chi connectivity index (χ2n) is 17.1. The van der Waals surface area contributed by atoms with Gasteiger partial charge < -0.3 is 4.90 Å². The molecule has 310 valence electrons. The molecule has 0 heterocycles. The number of benzene rings is 11. The van der Waals surface area contributed by atoms with Crippen LogP contribution in [0.25, 0.3) is 66.4 Å². The Bertz CT molecular complexity index is 3460. The monoisotopic (exact) mass is 839 g/mol. The molecular formula is C65H45N. The molecule has 0 bridgehead atoms. The Morgan fingerprint density at radius 3 is 1.39 bits per heavy atom. The lowest BCUT2D eigenvalue weighted by Gasteiger charge is -2.35. The Morgan fingerprint density at radius 1 is 0.258 bits per heavy atom. The first kappa shape index (κ1) is 39.1. The molecule has 0 aliphatic heterocycles. The minimum atomic E-state index is -0.551. The van der Waals surface area contributed by atoms with Gasteiger partial charge in [-0.05, 0) is 108 Å². The molecule has 0 aromatic heterocycles. The maximum absolute atomic E-state index is 2.54. The van der Waals surface area contributed by atoms with Crippen LogP contribution in [-0.2, 0) is 5.41 Å². The summed E-state index contributed by atoms with van der Waals surface area (Å²) in [5.74, 6) is 0. The molecule has 1 heteroatoms. The van der Waals surface area contributed by atoms with Gasteiger partial charge in [-0.25, -0.2) is 0 Å². The molecule has 0 fully saturated rings. The van der Waals surface area contributed by atoms with Crippen LogP contribution in [0.4, 0.5) is 17.1 Å². The van der Waals surface area contributed by atoms with Gasteiger partial charge in [0.2, 0.25) is 0 Å². The van der Waals surface area contributed by atoms with E-state index < -0.39 is 5.41 Å². The van der Waals surface area contributed by atoms with Crippen molar-refractivity contribution < 1.29 is 0 Å². The fourth-order valence-electron chi connectivity index (χ4n) is 10.7. The van der Waals surface area contributed by atoms with E-state index in [2.05, 4.69) is 278 Å². The summed E-state index contributed by atoms with van der Waals surface area (Å²) in [5, 5.41) is 2.48. The van der Waals surface area contributed by atoms with Crippen molar-refractivity contribution in [3.63, 3.8) is 0 Å². The molecule has 0 spiro atoms. The fraction of sp³-hybridized carbons (Fsp3) is 0.0154. The molecule has 0 N–H and O–H groups in total. The third kappa shape index (κ3) is 6.47. The summed E-state index contributed by atoms with van der Waals surface area (Å²) in [7, 11) is 0. The van der Waals surface area contributed by atoms with E-state index in [-0.39, 0.29) is 0 Å². The van der Waals surface area contributed by atoms with Crippen LogP contribution >= 0.6 is 0 Å². The molecule has 0 saturated heterocycles. The van der Waals surface area contributed by atoms with Crippen LogP contribution in [0.3, 0.4) is 0 Å². The standard InChI is InChI=1S/C65H45N/c1-5-22-48(23-6-1)55-31-15-16-32-57(55)63-56(49-24-7-2-8-25-49)34-19-37-61(63)66(54-43-41-47(42-44-54)51-40-39-46-21-13-14-26-50(46)45-51)62-38-20-36-60-64(62)58-33-17-18-35-59(58)65(60,52-27-9-3-10-28-52)53-29-11-4-12-30-53/h1-45H. The average molecular weight is 840 g/mol. The molecule has 0 radical (unpaired) electrons. The van der Waals surface area contributed by atoms with Gasteiger partial charge in [0.25, 0.3) is 0 Å². The number of nitrogens with zero attached hydrogens (tertiary/aromatic N) is 1. The van der Waals surface area contributed by atoms with E-state index in [0.29, 0.717) is 0 Å². The van der Waals surface area contributed by atoms with Crippen LogP contribution < -0.4 is 4.90 Å². The molecule has 11 aromatic rings. The number of anilines is 3. The first-order valence-corrected chi connectivity index (χ1v) is 22.8. The van der Waals surface area contributed by atoms with Crippen molar-refractivity contribution in [1.29, 1.82) is 0 Å². The second-order valence-corrected chi connectivity index (χ2v) is 17.1.